The molecule has 1 aliphatic rings. The Balaban J connectivity index is 1.62. The van der Waals surface area contributed by atoms with Gasteiger partial charge in [0.15, 0.2) is 16.6 Å². The van der Waals surface area contributed by atoms with Crippen molar-refractivity contribution in [2.24, 2.45) is 4.99 Å². The molecule has 0 radical (unpaired) electrons. The van der Waals surface area contributed by atoms with E-state index in [1.165, 1.54) is 41.5 Å². The number of rotatable bonds is 5. The zero-order chi connectivity index (χ0) is 23.8. The summed E-state index contributed by atoms with van der Waals surface area (Å²) in [6.07, 6.45) is 1.61. The van der Waals surface area contributed by atoms with Gasteiger partial charge in [-0.1, -0.05) is 47.7 Å². The molecular weight excluding hydrogens is 454 g/mol. The summed E-state index contributed by atoms with van der Waals surface area (Å²) in [5.74, 6) is -0.712. The Bertz CT molecular complexity index is 1510. The SMILES string of the molecule is COc1cc(/C=C2\N=C(c3ccccc3)N(c3nc4ccc(C(=O)O)cc4s3)C2=O)ccc1O. The molecule has 168 valence electrons. The first-order valence-corrected chi connectivity index (χ1v) is 11.0. The Morgan fingerprint density at radius 2 is 1.88 bits per heavy atom. The number of aromatic hydroxyl groups is 1. The molecule has 0 atom stereocenters. The molecule has 9 heteroatoms. The fraction of sp³-hybridized carbons (Fsp3) is 0.0400. The first-order valence-electron chi connectivity index (χ1n) is 10.2. The largest absolute Gasteiger partial charge is 0.504 e. The van der Waals surface area contributed by atoms with Gasteiger partial charge in [-0.2, -0.15) is 0 Å². The number of benzene rings is 3. The number of fused-ring (bicyclic) bond motifs is 1. The number of anilines is 1. The highest BCUT2D eigenvalue weighted by molar-refractivity contribution is 7.22. The summed E-state index contributed by atoms with van der Waals surface area (Å²) >= 11 is 1.21. The fourth-order valence-corrected chi connectivity index (χ4v) is 4.56. The van der Waals surface area contributed by atoms with Gasteiger partial charge in [0.1, 0.15) is 11.5 Å². The highest BCUT2D eigenvalue weighted by atomic mass is 32.1. The molecule has 2 N–H and O–H groups in total. The number of phenols is 1. The van der Waals surface area contributed by atoms with Crippen molar-refractivity contribution in [2.75, 3.05) is 12.0 Å². The zero-order valence-corrected chi connectivity index (χ0v) is 18.6. The van der Waals surface area contributed by atoms with Crippen molar-refractivity contribution < 1.29 is 24.5 Å². The van der Waals surface area contributed by atoms with Crippen molar-refractivity contribution >= 4 is 50.5 Å². The number of carboxylic acids is 1. The summed E-state index contributed by atoms with van der Waals surface area (Å²) in [7, 11) is 1.45. The predicted octanol–water partition coefficient (Wildman–Crippen LogP) is 4.54. The van der Waals surface area contributed by atoms with Gasteiger partial charge in [-0.3, -0.25) is 4.79 Å². The average molecular weight is 471 g/mol. The number of phenolic OH excluding ortho intramolecular Hbond substituents is 1. The summed E-state index contributed by atoms with van der Waals surface area (Å²) in [5, 5.41) is 19.5. The number of aliphatic imine (C=N–C) groups is 1. The normalized spacial score (nSPS) is 14.6. The lowest BCUT2D eigenvalue weighted by Crippen LogP contribution is -2.32. The van der Waals surface area contributed by atoms with Gasteiger partial charge in [-0.25, -0.2) is 19.7 Å². The van der Waals surface area contributed by atoms with Crippen LogP contribution < -0.4 is 9.64 Å². The second-order valence-corrected chi connectivity index (χ2v) is 8.40. The monoisotopic (exact) mass is 471 g/mol. The Morgan fingerprint density at radius 1 is 1.09 bits per heavy atom. The minimum atomic E-state index is -1.03. The van der Waals surface area contributed by atoms with E-state index in [-0.39, 0.29) is 28.7 Å². The molecule has 0 saturated heterocycles. The van der Waals surface area contributed by atoms with Gasteiger partial charge in [-0.05, 0) is 42.0 Å². The van der Waals surface area contributed by atoms with Gasteiger partial charge in [-0.15, -0.1) is 0 Å². The van der Waals surface area contributed by atoms with E-state index in [0.29, 0.717) is 26.7 Å². The molecule has 1 aromatic heterocycles. The van der Waals surface area contributed by atoms with Gasteiger partial charge >= 0.3 is 5.97 Å². The van der Waals surface area contributed by atoms with Crippen LogP contribution in [-0.4, -0.2) is 40.0 Å². The van der Waals surface area contributed by atoms with Gasteiger partial charge in [0.25, 0.3) is 5.91 Å². The maximum Gasteiger partial charge on any atom is 0.335 e. The number of ether oxygens (including phenoxy) is 1. The van der Waals surface area contributed by atoms with E-state index in [4.69, 9.17) is 4.74 Å². The molecule has 1 aliphatic heterocycles. The van der Waals surface area contributed by atoms with E-state index < -0.39 is 5.97 Å². The van der Waals surface area contributed by atoms with Crippen LogP contribution in [0.5, 0.6) is 11.5 Å². The lowest BCUT2D eigenvalue weighted by atomic mass is 10.1. The van der Waals surface area contributed by atoms with E-state index >= 15 is 0 Å². The van der Waals surface area contributed by atoms with Crippen molar-refractivity contribution in [1.29, 1.82) is 0 Å². The number of amidine groups is 1. The number of carbonyl (C=O) groups is 2. The number of carbonyl (C=O) groups excluding carboxylic acids is 1. The Kier molecular flexibility index (Phi) is 5.31. The van der Waals surface area contributed by atoms with Crippen LogP contribution in [0.1, 0.15) is 21.5 Å². The maximum atomic E-state index is 13.5. The number of methoxy groups -OCH3 is 1. The maximum absolute atomic E-state index is 13.5. The molecule has 1 amide bonds. The number of carboxylic acid groups (broad SMARTS) is 1. The Hall–Kier alpha value is -4.50. The van der Waals surface area contributed by atoms with Crippen LogP contribution in [0.25, 0.3) is 16.3 Å². The van der Waals surface area contributed by atoms with Crippen LogP contribution in [-0.2, 0) is 4.79 Å². The topological polar surface area (TPSA) is 112 Å². The molecule has 8 nitrogen and oxygen atoms in total. The van der Waals surface area contributed by atoms with Crippen LogP contribution in [0.3, 0.4) is 0 Å². The van der Waals surface area contributed by atoms with Crippen LogP contribution >= 0.6 is 11.3 Å². The van der Waals surface area contributed by atoms with Gasteiger partial charge < -0.3 is 14.9 Å². The number of amides is 1. The van der Waals surface area contributed by atoms with E-state index in [9.17, 15) is 19.8 Å². The third-order valence-corrected chi connectivity index (χ3v) is 6.22. The van der Waals surface area contributed by atoms with E-state index in [1.54, 1.807) is 24.3 Å². The predicted molar refractivity (Wildman–Crippen MR) is 130 cm³/mol. The lowest BCUT2D eigenvalue weighted by molar-refractivity contribution is -0.113. The van der Waals surface area contributed by atoms with Crippen molar-refractivity contribution in [1.82, 2.24) is 4.98 Å². The van der Waals surface area contributed by atoms with Gasteiger partial charge in [0, 0.05) is 5.56 Å². The molecule has 5 rings (SSSR count). The third kappa shape index (κ3) is 3.78. The van der Waals surface area contributed by atoms with Crippen LogP contribution in [0.4, 0.5) is 5.13 Å². The molecular formula is C25H17N3O5S. The fourth-order valence-electron chi connectivity index (χ4n) is 3.56. The molecule has 0 aliphatic carbocycles. The summed E-state index contributed by atoms with van der Waals surface area (Å²) in [6.45, 7) is 0. The molecule has 0 bridgehead atoms. The molecule has 34 heavy (non-hydrogen) atoms. The van der Waals surface area contributed by atoms with Gasteiger partial charge in [0.2, 0.25) is 0 Å². The van der Waals surface area contributed by atoms with Crippen LogP contribution in [0, 0.1) is 0 Å². The van der Waals surface area contributed by atoms with E-state index in [0.717, 1.165) is 5.56 Å². The summed E-state index contributed by atoms with van der Waals surface area (Å²) in [5.41, 5.74) is 2.29. The number of hydrogen-bond acceptors (Lipinski definition) is 7. The summed E-state index contributed by atoms with van der Waals surface area (Å²) in [6, 6.07) is 18.7. The quantitative estimate of drug-likeness (QED) is 0.413. The van der Waals surface area contributed by atoms with E-state index in [1.807, 2.05) is 30.3 Å². The third-order valence-electron chi connectivity index (χ3n) is 5.21. The summed E-state index contributed by atoms with van der Waals surface area (Å²) < 4.78 is 5.81. The highest BCUT2D eigenvalue weighted by Crippen LogP contribution is 2.35. The Labute approximate surface area is 197 Å². The molecule has 4 aromatic rings. The number of aromatic carboxylic acids is 1. The molecule has 0 fully saturated rings. The molecule has 0 unspecified atom stereocenters. The second-order valence-electron chi connectivity index (χ2n) is 7.39. The number of aromatic nitrogens is 1. The van der Waals surface area contributed by atoms with Crippen molar-refractivity contribution in [2.45, 2.75) is 0 Å². The van der Waals surface area contributed by atoms with Crippen LogP contribution in [0.2, 0.25) is 0 Å². The van der Waals surface area contributed by atoms with E-state index in [2.05, 4.69) is 9.98 Å². The van der Waals surface area contributed by atoms with Crippen molar-refractivity contribution in [3.8, 4) is 11.5 Å². The van der Waals surface area contributed by atoms with Crippen molar-refractivity contribution in [3.05, 3.63) is 89.1 Å². The summed E-state index contributed by atoms with van der Waals surface area (Å²) in [4.78, 5) is 35.5. The van der Waals surface area contributed by atoms with Crippen LogP contribution in [0.15, 0.2) is 77.4 Å². The molecule has 3 aromatic carbocycles. The lowest BCUT2D eigenvalue weighted by Gasteiger charge is -2.14. The van der Waals surface area contributed by atoms with Crippen molar-refractivity contribution in [3.63, 3.8) is 0 Å². The number of hydrogen-bond donors (Lipinski definition) is 2. The smallest absolute Gasteiger partial charge is 0.335 e. The number of thiazole rings is 1. The number of nitrogens with zero attached hydrogens (tertiary/aromatic N) is 3. The van der Waals surface area contributed by atoms with Gasteiger partial charge in [0.05, 0.1) is 22.9 Å². The second kappa shape index (κ2) is 8.45. The first kappa shape index (κ1) is 21.4. The first-order chi connectivity index (χ1) is 16.4. The minimum Gasteiger partial charge on any atom is -0.504 e. The average Bonchev–Trinajstić information content (AvgIpc) is 3.40. The molecule has 0 saturated carbocycles. The zero-order valence-electron chi connectivity index (χ0n) is 17.8. The standard InChI is InChI=1S/C25H17N3O5S/c1-33-20-12-14(7-10-19(20)29)11-18-23(30)28(22(26-18)15-5-3-2-4-6-15)25-27-17-9-8-16(24(31)32)13-21(17)34-25/h2-13,29H,1H3,(H,31,32)/b18-11-. The Morgan fingerprint density at radius 3 is 2.62 bits per heavy atom. The highest BCUT2D eigenvalue weighted by Gasteiger charge is 2.34. The molecule has 2 heterocycles. The molecule has 0 spiro atoms. The minimum absolute atomic E-state index is 0.00675.